The van der Waals surface area contributed by atoms with Gasteiger partial charge in [-0.05, 0) is 18.1 Å². The van der Waals surface area contributed by atoms with Gasteiger partial charge in [0.1, 0.15) is 17.9 Å². The molecule has 0 spiro atoms. The number of fused-ring (bicyclic) bond motifs is 1. The summed E-state index contributed by atoms with van der Waals surface area (Å²) in [4.78, 5) is 13.1. The van der Waals surface area contributed by atoms with E-state index in [0.717, 1.165) is 55.4 Å². The van der Waals surface area contributed by atoms with Crippen LogP contribution < -0.4 is 10.5 Å². The van der Waals surface area contributed by atoms with Gasteiger partial charge in [0.05, 0.1) is 19.2 Å². The molecule has 1 aliphatic heterocycles. The molecule has 0 amide bonds. The summed E-state index contributed by atoms with van der Waals surface area (Å²) in [7, 11) is 0. The molecule has 0 aliphatic carbocycles. The average molecular weight is 304 g/mol. The molecule has 1 saturated heterocycles. The second-order valence-electron chi connectivity index (χ2n) is 6.08. The van der Waals surface area contributed by atoms with Gasteiger partial charge in [-0.3, -0.25) is 0 Å². The van der Waals surface area contributed by atoms with Gasteiger partial charge in [0.25, 0.3) is 0 Å². The Morgan fingerprint density at radius 3 is 2.64 bits per heavy atom. The minimum Gasteiger partial charge on any atom is -0.508 e. The third kappa shape index (κ3) is 3.00. The number of aryl methyl sites for hydroxylation is 1. The van der Waals surface area contributed by atoms with Crippen LogP contribution in [0.4, 0.5) is 0 Å². The quantitative estimate of drug-likeness (QED) is 0.726. The van der Waals surface area contributed by atoms with Crippen LogP contribution in [0.15, 0.2) is 27.4 Å². The zero-order valence-corrected chi connectivity index (χ0v) is 12.8. The van der Waals surface area contributed by atoms with Crippen LogP contribution >= 0.6 is 0 Å². The third-order valence-electron chi connectivity index (χ3n) is 4.51. The molecule has 1 aromatic heterocycles. The summed E-state index contributed by atoms with van der Waals surface area (Å²) in [5.41, 5.74) is 1.86. The van der Waals surface area contributed by atoms with Crippen molar-refractivity contribution in [2.24, 2.45) is 0 Å². The van der Waals surface area contributed by atoms with Crippen molar-refractivity contribution < 1.29 is 19.5 Å². The molecule has 0 bridgehead atoms. The summed E-state index contributed by atoms with van der Waals surface area (Å²) in [6.45, 7) is 4.53. The van der Waals surface area contributed by atoms with Gasteiger partial charge in [-0.15, -0.1) is 0 Å². The van der Waals surface area contributed by atoms with E-state index in [2.05, 4.69) is 0 Å². The van der Waals surface area contributed by atoms with Gasteiger partial charge < -0.3 is 19.5 Å². The van der Waals surface area contributed by atoms with Crippen molar-refractivity contribution in [3.8, 4) is 5.75 Å². The van der Waals surface area contributed by atoms with Crippen LogP contribution in [0.1, 0.15) is 30.9 Å². The maximum atomic E-state index is 11.8. The Bertz CT molecular complexity index is 729. The molecule has 0 saturated carbocycles. The first-order valence-corrected chi connectivity index (χ1v) is 7.87. The summed E-state index contributed by atoms with van der Waals surface area (Å²) < 4.78 is 5.22. The molecule has 2 heterocycles. The summed E-state index contributed by atoms with van der Waals surface area (Å²) in [6, 6.07) is 5.01. The third-order valence-corrected chi connectivity index (χ3v) is 4.51. The van der Waals surface area contributed by atoms with Crippen molar-refractivity contribution >= 4 is 11.0 Å². The molecule has 0 atom stereocenters. The van der Waals surface area contributed by atoms with Crippen molar-refractivity contribution in [2.45, 2.75) is 38.8 Å². The summed E-state index contributed by atoms with van der Waals surface area (Å²) in [5, 5.41) is 20.4. The number of aliphatic hydroxyl groups is 1. The molecule has 1 aromatic carbocycles. The van der Waals surface area contributed by atoms with Crippen molar-refractivity contribution in [3.63, 3.8) is 0 Å². The number of rotatable bonds is 3. The monoisotopic (exact) mass is 304 g/mol. The molecule has 1 fully saturated rings. The summed E-state index contributed by atoms with van der Waals surface area (Å²) in [5.74, 6) is 0.170. The fourth-order valence-corrected chi connectivity index (χ4v) is 3.19. The Morgan fingerprint density at radius 1 is 1.23 bits per heavy atom. The van der Waals surface area contributed by atoms with Gasteiger partial charge >= 0.3 is 5.63 Å². The zero-order valence-electron chi connectivity index (χ0n) is 12.8. The molecule has 3 N–H and O–H groups in total. The molecule has 3 rings (SSSR count). The van der Waals surface area contributed by atoms with Crippen LogP contribution in [0.3, 0.4) is 0 Å². The molecule has 0 unspecified atom stereocenters. The van der Waals surface area contributed by atoms with Crippen molar-refractivity contribution in [3.05, 3.63) is 39.7 Å². The Kier molecular flexibility index (Phi) is 4.18. The highest BCUT2D eigenvalue weighted by molar-refractivity contribution is 5.82. The summed E-state index contributed by atoms with van der Waals surface area (Å²) in [6.07, 6.45) is 2.14. The average Bonchev–Trinajstić information content (AvgIpc) is 2.49. The lowest BCUT2D eigenvalue weighted by atomic mass is 10.0. The maximum Gasteiger partial charge on any atom is 0.336 e. The molecule has 0 radical (unpaired) electrons. The van der Waals surface area contributed by atoms with E-state index in [1.165, 1.54) is 11.0 Å². The maximum absolute atomic E-state index is 11.8. The number of phenolic OH excluding ortho intramolecular Hbond substituents is 1. The van der Waals surface area contributed by atoms with Gasteiger partial charge in [0, 0.05) is 35.9 Å². The van der Waals surface area contributed by atoms with Gasteiger partial charge in [-0.2, -0.15) is 0 Å². The Labute approximate surface area is 128 Å². The highest BCUT2D eigenvalue weighted by Crippen LogP contribution is 2.26. The standard InChI is InChI=1S/C17H21NO4/c1-2-11-7-14-12(10-18-5-3-13(19)4-6-18)8-17(21)22-16(14)9-15(11)20/h7-9,13,19-20H,2-6,10H2,1H3/p+1. The number of benzene rings is 1. The van der Waals surface area contributed by atoms with E-state index < -0.39 is 0 Å². The van der Waals surface area contributed by atoms with Crippen molar-refractivity contribution in [1.29, 1.82) is 0 Å². The largest absolute Gasteiger partial charge is 0.508 e. The zero-order chi connectivity index (χ0) is 15.7. The Balaban J connectivity index is 1.98. The van der Waals surface area contributed by atoms with Gasteiger partial charge in [-0.1, -0.05) is 6.92 Å². The molecular weight excluding hydrogens is 282 g/mol. The molecule has 118 valence electrons. The number of nitrogens with one attached hydrogen (secondary N) is 1. The number of aliphatic hydroxyl groups excluding tert-OH is 1. The van der Waals surface area contributed by atoms with E-state index in [1.807, 2.05) is 13.0 Å². The van der Waals surface area contributed by atoms with Crippen LogP contribution in [0, 0.1) is 0 Å². The van der Waals surface area contributed by atoms with E-state index in [1.54, 1.807) is 6.07 Å². The van der Waals surface area contributed by atoms with Crippen LogP contribution in [0.25, 0.3) is 11.0 Å². The fraction of sp³-hybridized carbons (Fsp3) is 0.471. The van der Waals surface area contributed by atoms with Crippen LogP contribution in [0.5, 0.6) is 5.75 Å². The molecule has 22 heavy (non-hydrogen) atoms. The van der Waals surface area contributed by atoms with E-state index in [4.69, 9.17) is 4.42 Å². The molecule has 5 nitrogen and oxygen atoms in total. The number of aromatic hydroxyl groups is 1. The predicted octanol–water partition coefficient (Wildman–Crippen LogP) is 0.601. The lowest BCUT2D eigenvalue weighted by Crippen LogP contribution is -3.12. The normalized spacial score (nSPS) is 22.1. The number of phenols is 1. The highest BCUT2D eigenvalue weighted by Gasteiger charge is 2.21. The Morgan fingerprint density at radius 2 is 1.95 bits per heavy atom. The first-order chi connectivity index (χ1) is 10.6. The van der Waals surface area contributed by atoms with E-state index in [9.17, 15) is 15.0 Å². The van der Waals surface area contributed by atoms with Gasteiger partial charge in [0.2, 0.25) is 0 Å². The molecular formula is C17H22NO4+. The topological polar surface area (TPSA) is 75.1 Å². The number of piperidine rings is 1. The smallest absolute Gasteiger partial charge is 0.336 e. The van der Waals surface area contributed by atoms with Crippen LogP contribution in [-0.4, -0.2) is 29.4 Å². The molecule has 5 heteroatoms. The van der Waals surface area contributed by atoms with Crippen molar-refractivity contribution in [2.75, 3.05) is 13.1 Å². The number of quaternary nitrogens is 1. The second kappa shape index (κ2) is 6.10. The van der Waals surface area contributed by atoms with Gasteiger partial charge in [-0.25, -0.2) is 4.79 Å². The predicted molar refractivity (Wildman–Crippen MR) is 83.2 cm³/mol. The van der Waals surface area contributed by atoms with Gasteiger partial charge in [0.15, 0.2) is 0 Å². The van der Waals surface area contributed by atoms with E-state index in [0.29, 0.717) is 5.58 Å². The molecule has 2 aromatic rings. The number of hydrogen-bond donors (Lipinski definition) is 3. The second-order valence-corrected chi connectivity index (χ2v) is 6.08. The highest BCUT2D eigenvalue weighted by atomic mass is 16.4. The first kappa shape index (κ1) is 15.1. The van der Waals surface area contributed by atoms with Crippen LogP contribution in [-0.2, 0) is 13.0 Å². The SMILES string of the molecule is CCc1cc2c(C[NH+]3CCC(O)CC3)cc(=O)oc2cc1O. The minimum atomic E-state index is -0.386. The Hall–Kier alpha value is -1.85. The van der Waals surface area contributed by atoms with E-state index >= 15 is 0 Å². The lowest BCUT2D eigenvalue weighted by Gasteiger charge is -2.26. The van der Waals surface area contributed by atoms with Crippen molar-refractivity contribution in [1.82, 2.24) is 0 Å². The minimum absolute atomic E-state index is 0.170. The number of hydrogen-bond acceptors (Lipinski definition) is 4. The van der Waals surface area contributed by atoms with Crippen LogP contribution in [0.2, 0.25) is 0 Å². The lowest BCUT2D eigenvalue weighted by molar-refractivity contribution is -0.919. The number of likely N-dealkylation sites (tertiary alicyclic amines) is 1. The molecule has 1 aliphatic rings. The first-order valence-electron chi connectivity index (χ1n) is 7.87. The summed E-state index contributed by atoms with van der Waals surface area (Å²) >= 11 is 0. The fourth-order valence-electron chi connectivity index (χ4n) is 3.19. The van der Waals surface area contributed by atoms with E-state index in [-0.39, 0.29) is 17.5 Å².